The average Bonchev–Trinajstić information content (AvgIpc) is 2.37. The average molecular weight is 334 g/mol. The lowest BCUT2D eigenvalue weighted by Crippen LogP contribution is -2.51. The lowest BCUT2D eigenvalue weighted by molar-refractivity contribution is 0.298. The van der Waals surface area contributed by atoms with Gasteiger partial charge in [0.25, 0.3) is 0 Å². The molecule has 3 nitrogen and oxygen atoms in total. The molecular formula is C15H21ClFNO2S. The van der Waals surface area contributed by atoms with Crippen molar-refractivity contribution in [1.29, 1.82) is 0 Å². The van der Waals surface area contributed by atoms with Crippen molar-refractivity contribution >= 4 is 21.6 Å². The van der Waals surface area contributed by atoms with Crippen molar-refractivity contribution in [1.82, 2.24) is 4.72 Å². The first-order valence-corrected chi connectivity index (χ1v) is 9.18. The van der Waals surface area contributed by atoms with E-state index in [-0.39, 0.29) is 10.8 Å². The quantitative estimate of drug-likeness (QED) is 0.855. The van der Waals surface area contributed by atoms with Crippen molar-refractivity contribution in [3.63, 3.8) is 0 Å². The number of rotatable bonds is 4. The molecule has 1 saturated carbocycles. The second-order valence-corrected chi connectivity index (χ2v) is 7.84. The van der Waals surface area contributed by atoms with E-state index >= 15 is 0 Å². The van der Waals surface area contributed by atoms with Crippen molar-refractivity contribution in [2.75, 3.05) is 5.88 Å². The zero-order valence-electron chi connectivity index (χ0n) is 12.4. The van der Waals surface area contributed by atoms with Crippen LogP contribution in [0.2, 0.25) is 0 Å². The molecule has 1 aromatic carbocycles. The third-order valence-corrected chi connectivity index (χ3v) is 6.51. The highest BCUT2D eigenvalue weighted by Gasteiger charge is 2.36. The highest BCUT2D eigenvalue weighted by atomic mass is 35.5. The second kappa shape index (κ2) is 6.23. The Balaban J connectivity index is 2.38. The summed E-state index contributed by atoms with van der Waals surface area (Å²) in [6.45, 7) is 3.22. The summed E-state index contributed by atoms with van der Waals surface area (Å²) in [5.41, 5.74) is 0.257. The minimum atomic E-state index is -3.71. The van der Waals surface area contributed by atoms with E-state index in [1.165, 1.54) is 12.1 Å². The number of halogens is 2. The van der Waals surface area contributed by atoms with Crippen LogP contribution in [-0.4, -0.2) is 19.8 Å². The van der Waals surface area contributed by atoms with Crippen LogP contribution in [0.15, 0.2) is 17.0 Å². The standard InChI is InChI=1S/C15H21ClFNO2S/c1-11-8-13(17)9-12(2)14(11)21(19,20)18-15(10-16)6-4-3-5-7-15/h8-9,18H,3-7,10H2,1-2H3. The van der Waals surface area contributed by atoms with Crippen LogP contribution in [0.4, 0.5) is 4.39 Å². The number of hydrogen-bond acceptors (Lipinski definition) is 2. The Bertz CT molecular complexity index is 602. The van der Waals surface area contributed by atoms with Crippen LogP contribution in [0.5, 0.6) is 0 Å². The van der Waals surface area contributed by atoms with E-state index in [2.05, 4.69) is 4.72 Å². The van der Waals surface area contributed by atoms with E-state index in [4.69, 9.17) is 11.6 Å². The molecule has 0 aromatic heterocycles. The van der Waals surface area contributed by atoms with E-state index < -0.39 is 21.4 Å². The summed E-state index contributed by atoms with van der Waals surface area (Å²) in [5, 5.41) is 0. The normalized spacial score (nSPS) is 18.7. The molecular weight excluding hydrogens is 313 g/mol. The molecule has 1 aliphatic rings. The van der Waals surface area contributed by atoms with E-state index in [0.29, 0.717) is 11.1 Å². The summed E-state index contributed by atoms with van der Waals surface area (Å²) in [6, 6.07) is 2.49. The second-order valence-electron chi connectivity index (χ2n) is 5.95. The molecule has 0 bridgehead atoms. The number of nitrogens with one attached hydrogen (secondary N) is 1. The molecule has 1 N–H and O–H groups in total. The van der Waals surface area contributed by atoms with Gasteiger partial charge < -0.3 is 0 Å². The van der Waals surface area contributed by atoms with Gasteiger partial charge in [0.2, 0.25) is 10.0 Å². The van der Waals surface area contributed by atoms with Crippen molar-refractivity contribution in [2.24, 2.45) is 0 Å². The summed E-state index contributed by atoms with van der Waals surface area (Å²) in [7, 11) is -3.71. The van der Waals surface area contributed by atoms with Crippen LogP contribution in [0, 0.1) is 19.7 Å². The third-order valence-electron chi connectivity index (χ3n) is 4.11. The lowest BCUT2D eigenvalue weighted by atomic mass is 9.84. The zero-order chi connectivity index (χ0) is 15.7. The van der Waals surface area contributed by atoms with Gasteiger partial charge in [-0.25, -0.2) is 17.5 Å². The van der Waals surface area contributed by atoms with Crippen molar-refractivity contribution in [2.45, 2.75) is 56.4 Å². The molecule has 1 aliphatic carbocycles. The summed E-state index contributed by atoms with van der Waals surface area (Å²) in [4.78, 5) is 0.166. The van der Waals surface area contributed by atoms with Crippen LogP contribution in [0.25, 0.3) is 0 Å². The Morgan fingerprint density at radius 2 is 1.71 bits per heavy atom. The first-order valence-electron chi connectivity index (χ1n) is 7.16. The van der Waals surface area contributed by atoms with Gasteiger partial charge in [-0.1, -0.05) is 19.3 Å². The Labute approximate surface area is 130 Å². The molecule has 0 unspecified atom stereocenters. The van der Waals surface area contributed by atoms with Crippen molar-refractivity contribution < 1.29 is 12.8 Å². The molecule has 0 heterocycles. The maximum atomic E-state index is 13.4. The maximum Gasteiger partial charge on any atom is 0.241 e. The van der Waals surface area contributed by atoms with Crippen LogP contribution < -0.4 is 4.72 Å². The molecule has 21 heavy (non-hydrogen) atoms. The Hall–Kier alpha value is -0.650. The first-order chi connectivity index (χ1) is 9.80. The summed E-state index contributed by atoms with van der Waals surface area (Å²) < 4.78 is 41.6. The molecule has 0 saturated heterocycles. The van der Waals surface area contributed by atoms with Gasteiger partial charge in [0, 0.05) is 11.4 Å². The third kappa shape index (κ3) is 3.58. The SMILES string of the molecule is Cc1cc(F)cc(C)c1S(=O)(=O)NC1(CCl)CCCCC1. The molecule has 1 fully saturated rings. The number of alkyl halides is 1. The molecule has 2 rings (SSSR count). The molecule has 0 radical (unpaired) electrons. The van der Waals surface area contributed by atoms with Gasteiger partial charge in [-0.2, -0.15) is 0 Å². The van der Waals surface area contributed by atoms with Gasteiger partial charge in [-0.05, 0) is 49.9 Å². The molecule has 0 atom stereocenters. The topological polar surface area (TPSA) is 46.2 Å². The molecule has 0 amide bonds. The summed E-state index contributed by atoms with van der Waals surface area (Å²) >= 11 is 6.05. The van der Waals surface area contributed by atoms with Crippen molar-refractivity contribution in [3.8, 4) is 0 Å². The van der Waals surface area contributed by atoms with Crippen LogP contribution in [-0.2, 0) is 10.0 Å². The summed E-state index contributed by atoms with van der Waals surface area (Å²) in [6.07, 6.45) is 4.53. The van der Waals surface area contributed by atoms with E-state index in [9.17, 15) is 12.8 Å². The van der Waals surface area contributed by atoms with Crippen LogP contribution in [0.1, 0.15) is 43.2 Å². The Morgan fingerprint density at radius 3 is 2.19 bits per heavy atom. The van der Waals surface area contributed by atoms with E-state index in [0.717, 1.165) is 32.1 Å². The number of benzene rings is 1. The minimum absolute atomic E-state index is 0.166. The fourth-order valence-electron chi connectivity index (χ4n) is 3.15. The molecule has 0 aliphatic heterocycles. The van der Waals surface area contributed by atoms with Crippen molar-refractivity contribution in [3.05, 3.63) is 29.1 Å². The van der Waals surface area contributed by atoms with Gasteiger partial charge in [0.1, 0.15) is 5.82 Å². The summed E-state index contributed by atoms with van der Waals surface area (Å²) in [5.74, 6) is -0.167. The predicted molar refractivity (Wildman–Crippen MR) is 82.7 cm³/mol. The smallest absolute Gasteiger partial charge is 0.207 e. The van der Waals surface area contributed by atoms with Gasteiger partial charge in [0.15, 0.2) is 0 Å². The molecule has 118 valence electrons. The monoisotopic (exact) mass is 333 g/mol. The number of hydrogen-bond donors (Lipinski definition) is 1. The molecule has 0 spiro atoms. The zero-order valence-corrected chi connectivity index (χ0v) is 14.0. The van der Waals surface area contributed by atoms with Gasteiger partial charge >= 0.3 is 0 Å². The Kier molecular flexibility index (Phi) is 4.96. The number of aryl methyl sites for hydroxylation is 2. The van der Waals surface area contributed by atoms with Gasteiger partial charge in [-0.3, -0.25) is 0 Å². The van der Waals surface area contributed by atoms with Crippen LogP contribution >= 0.6 is 11.6 Å². The molecule has 1 aromatic rings. The predicted octanol–water partition coefficient (Wildman–Crippen LogP) is 3.66. The van der Waals surface area contributed by atoms with Crippen LogP contribution in [0.3, 0.4) is 0 Å². The largest absolute Gasteiger partial charge is 0.241 e. The van der Waals surface area contributed by atoms with E-state index in [1.807, 2.05) is 0 Å². The fraction of sp³-hybridized carbons (Fsp3) is 0.600. The highest BCUT2D eigenvalue weighted by molar-refractivity contribution is 7.89. The Morgan fingerprint density at radius 1 is 1.19 bits per heavy atom. The maximum absolute atomic E-state index is 13.4. The lowest BCUT2D eigenvalue weighted by Gasteiger charge is -2.36. The van der Waals surface area contributed by atoms with Gasteiger partial charge in [-0.15, -0.1) is 11.6 Å². The minimum Gasteiger partial charge on any atom is -0.207 e. The number of sulfonamides is 1. The fourth-order valence-corrected chi connectivity index (χ4v) is 5.48. The van der Waals surface area contributed by atoms with Gasteiger partial charge in [0.05, 0.1) is 4.90 Å². The molecule has 6 heteroatoms. The first kappa shape index (κ1) is 16.7. The highest BCUT2D eigenvalue weighted by Crippen LogP contribution is 2.32. The van der Waals surface area contributed by atoms with E-state index in [1.54, 1.807) is 13.8 Å².